The van der Waals surface area contributed by atoms with E-state index in [4.69, 9.17) is 23.2 Å². The van der Waals surface area contributed by atoms with Crippen LogP contribution in [-0.4, -0.2) is 32.2 Å². The van der Waals surface area contributed by atoms with Crippen LogP contribution in [0.25, 0.3) is 0 Å². The fourth-order valence-corrected chi connectivity index (χ4v) is 1.87. The van der Waals surface area contributed by atoms with Gasteiger partial charge in [0.1, 0.15) is 23.0 Å². The monoisotopic (exact) mass is 287 g/mol. The Balaban J connectivity index is 1.93. The van der Waals surface area contributed by atoms with Crippen LogP contribution < -0.4 is 5.32 Å². The zero-order chi connectivity index (χ0) is 13.1. The number of nitrogens with zero attached hydrogens (tertiary/aromatic N) is 3. The second-order valence-electron chi connectivity index (χ2n) is 3.67. The molecular formula is C10H11Cl2N5O. The van der Waals surface area contributed by atoms with Gasteiger partial charge in [0.05, 0.1) is 5.02 Å². The van der Waals surface area contributed by atoms with Crippen molar-refractivity contribution < 1.29 is 4.79 Å². The van der Waals surface area contributed by atoms with Crippen LogP contribution in [0.1, 0.15) is 16.3 Å². The molecule has 2 rings (SSSR count). The number of carbonyl (C=O) groups excluding carboxylic acids is 1. The summed E-state index contributed by atoms with van der Waals surface area (Å²) in [5.74, 6) is 0.490. The van der Waals surface area contributed by atoms with Crippen LogP contribution in [0.2, 0.25) is 10.2 Å². The summed E-state index contributed by atoms with van der Waals surface area (Å²) in [5, 5.41) is 9.89. The van der Waals surface area contributed by atoms with Gasteiger partial charge < -0.3 is 9.88 Å². The Hall–Kier alpha value is -1.53. The normalized spacial score (nSPS) is 10.6. The minimum Gasteiger partial charge on any atom is -0.350 e. The van der Waals surface area contributed by atoms with Gasteiger partial charge in [-0.1, -0.05) is 23.2 Å². The lowest BCUT2D eigenvalue weighted by molar-refractivity contribution is 0.0946. The molecular weight excluding hydrogens is 277 g/mol. The van der Waals surface area contributed by atoms with Gasteiger partial charge in [-0.2, -0.15) is 5.10 Å². The molecule has 1 amide bonds. The fraction of sp³-hybridized carbons (Fsp3) is 0.300. The molecule has 0 aliphatic carbocycles. The molecule has 0 spiro atoms. The van der Waals surface area contributed by atoms with E-state index in [1.54, 1.807) is 7.05 Å². The summed E-state index contributed by atoms with van der Waals surface area (Å²) >= 11 is 11.7. The van der Waals surface area contributed by atoms with Crippen molar-refractivity contribution in [1.82, 2.24) is 25.1 Å². The highest BCUT2D eigenvalue weighted by molar-refractivity contribution is 6.41. The number of halogens is 2. The fourth-order valence-electron chi connectivity index (χ4n) is 1.50. The zero-order valence-corrected chi connectivity index (χ0v) is 11.1. The van der Waals surface area contributed by atoms with E-state index in [0.717, 1.165) is 5.82 Å². The Morgan fingerprint density at radius 1 is 1.56 bits per heavy atom. The third kappa shape index (κ3) is 2.65. The molecule has 8 heteroatoms. The third-order valence-electron chi connectivity index (χ3n) is 2.46. The number of aromatic nitrogens is 4. The number of carbonyl (C=O) groups is 1. The lowest BCUT2D eigenvalue weighted by Gasteiger charge is -2.05. The van der Waals surface area contributed by atoms with Gasteiger partial charge in [-0.05, 0) is 6.07 Å². The van der Waals surface area contributed by atoms with Gasteiger partial charge in [0, 0.05) is 20.0 Å². The topological polar surface area (TPSA) is 75.6 Å². The highest BCUT2D eigenvalue weighted by Crippen LogP contribution is 2.24. The summed E-state index contributed by atoms with van der Waals surface area (Å²) in [6.45, 7) is 0.453. The van der Waals surface area contributed by atoms with Crippen molar-refractivity contribution in [2.24, 2.45) is 7.05 Å². The molecule has 0 aliphatic rings. The number of nitrogens with one attached hydrogen (secondary N) is 2. The van der Waals surface area contributed by atoms with Gasteiger partial charge in [0.2, 0.25) is 0 Å². The maximum atomic E-state index is 11.9. The molecule has 6 nitrogen and oxygen atoms in total. The summed E-state index contributed by atoms with van der Waals surface area (Å²) < 4.78 is 1.54. The summed E-state index contributed by atoms with van der Waals surface area (Å²) in [7, 11) is 1.68. The Morgan fingerprint density at radius 2 is 2.33 bits per heavy atom. The van der Waals surface area contributed by atoms with Gasteiger partial charge in [0.15, 0.2) is 0 Å². The van der Waals surface area contributed by atoms with Crippen molar-refractivity contribution in [2.75, 3.05) is 6.54 Å². The lowest BCUT2D eigenvalue weighted by atomic mass is 10.3. The van der Waals surface area contributed by atoms with E-state index in [1.165, 1.54) is 17.0 Å². The van der Waals surface area contributed by atoms with Crippen molar-refractivity contribution in [1.29, 1.82) is 0 Å². The van der Waals surface area contributed by atoms with E-state index in [1.807, 2.05) is 0 Å². The number of amides is 1. The lowest BCUT2D eigenvalue weighted by Crippen LogP contribution is -2.27. The number of hydrogen-bond donors (Lipinski definition) is 2. The number of H-pyrrole nitrogens is 1. The minimum atomic E-state index is -0.231. The maximum Gasteiger partial charge on any atom is 0.268 e. The smallest absolute Gasteiger partial charge is 0.268 e. The molecule has 2 aromatic rings. The Labute approximate surface area is 113 Å². The zero-order valence-electron chi connectivity index (χ0n) is 9.57. The standard InChI is InChI=1S/C10H11Cl2N5O/c1-17-7(4-6(11)9(17)12)10(18)13-3-2-8-14-5-15-16-8/h4-5H,2-3H2,1H3,(H,13,18)(H,14,15,16). The van der Waals surface area contributed by atoms with E-state index in [-0.39, 0.29) is 5.91 Å². The highest BCUT2D eigenvalue weighted by Gasteiger charge is 2.15. The SMILES string of the molecule is Cn1c(C(=O)NCCc2ncn[nH]2)cc(Cl)c1Cl. The first-order valence-electron chi connectivity index (χ1n) is 5.22. The molecule has 0 aliphatic heterocycles. The maximum absolute atomic E-state index is 11.9. The summed E-state index contributed by atoms with van der Waals surface area (Å²) in [6, 6.07) is 1.54. The average Bonchev–Trinajstić information content (AvgIpc) is 2.94. The second kappa shape index (κ2) is 5.41. The molecule has 2 aromatic heterocycles. The van der Waals surface area contributed by atoms with Crippen molar-refractivity contribution in [2.45, 2.75) is 6.42 Å². The highest BCUT2D eigenvalue weighted by atomic mass is 35.5. The van der Waals surface area contributed by atoms with Gasteiger partial charge in [-0.3, -0.25) is 9.89 Å². The third-order valence-corrected chi connectivity index (χ3v) is 3.30. The number of rotatable bonds is 4. The first-order chi connectivity index (χ1) is 8.59. The van der Waals surface area contributed by atoms with Crippen LogP contribution in [-0.2, 0) is 13.5 Å². The van der Waals surface area contributed by atoms with Crippen molar-refractivity contribution >= 4 is 29.1 Å². The minimum absolute atomic E-state index is 0.231. The van der Waals surface area contributed by atoms with Gasteiger partial charge in [-0.25, -0.2) is 4.98 Å². The van der Waals surface area contributed by atoms with E-state index in [9.17, 15) is 4.79 Å². The van der Waals surface area contributed by atoms with Gasteiger partial charge in [0.25, 0.3) is 5.91 Å². The van der Waals surface area contributed by atoms with Crippen LogP contribution in [0.5, 0.6) is 0 Å². The summed E-state index contributed by atoms with van der Waals surface area (Å²) in [6.07, 6.45) is 2.01. The van der Waals surface area contributed by atoms with Crippen LogP contribution >= 0.6 is 23.2 Å². The second-order valence-corrected chi connectivity index (χ2v) is 4.43. The van der Waals surface area contributed by atoms with Crippen molar-refractivity contribution in [3.63, 3.8) is 0 Å². The largest absolute Gasteiger partial charge is 0.350 e. The van der Waals surface area contributed by atoms with E-state index >= 15 is 0 Å². The number of aromatic amines is 1. The van der Waals surface area contributed by atoms with E-state index in [2.05, 4.69) is 20.5 Å². The molecule has 0 saturated carbocycles. The average molecular weight is 288 g/mol. The molecule has 0 atom stereocenters. The van der Waals surface area contributed by atoms with Crippen LogP contribution in [0.3, 0.4) is 0 Å². The van der Waals surface area contributed by atoms with E-state index in [0.29, 0.717) is 28.8 Å². The molecule has 2 heterocycles. The molecule has 18 heavy (non-hydrogen) atoms. The molecule has 96 valence electrons. The molecule has 0 bridgehead atoms. The number of hydrogen-bond acceptors (Lipinski definition) is 3. The molecule has 0 fully saturated rings. The first kappa shape index (κ1) is 12.9. The van der Waals surface area contributed by atoms with Crippen molar-refractivity contribution in [3.8, 4) is 0 Å². The first-order valence-corrected chi connectivity index (χ1v) is 5.98. The molecule has 0 unspecified atom stereocenters. The summed E-state index contributed by atoms with van der Waals surface area (Å²) in [4.78, 5) is 15.8. The van der Waals surface area contributed by atoms with E-state index < -0.39 is 0 Å². The van der Waals surface area contributed by atoms with Crippen molar-refractivity contribution in [3.05, 3.63) is 34.1 Å². The predicted molar refractivity (Wildman–Crippen MR) is 67.9 cm³/mol. The Bertz CT molecular complexity index is 549. The molecule has 2 N–H and O–H groups in total. The Kier molecular flexibility index (Phi) is 3.88. The molecule has 0 radical (unpaired) electrons. The Morgan fingerprint density at radius 3 is 2.89 bits per heavy atom. The quantitative estimate of drug-likeness (QED) is 0.893. The predicted octanol–water partition coefficient (Wildman–Crippen LogP) is 1.42. The van der Waals surface area contributed by atoms with Crippen LogP contribution in [0, 0.1) is 0 Å². The van der Waals surface area contributed by atoms with Crippen LogP contribution in [0.15, 0.2) is 12.4 Å². The molecule has 0 aromatic carbocycles. The van der Waals surface area contributed by atoms with Gasteiger partial charge >= 0.3 is 0 Å². The van der Waals surface area contributed by atoms with Crippen LogP contribution in [0.4, 0.5) is 0 Å². The summed E-state index contributed by atoms with van der Waals surface area (Å²) in [5.41, 5.74) is 0.419. The molecule has 0 saturated heterocycles. The van der Waals surface area contributed by atoms with Gasteiger partial charge in [-0.15, -0.1) is 0 Å².